The Kier molecular flexibility index (Phi) is 6.78. The van der Waals surface area contributed by atoms with Crippen molar-refractivity contribution in [3.8, 4) is 27.9 Å². The van der Waals surface area contributed by atoms with Crippen molar-refractivity contribution >= 4 is 77.0 Å². The lowest BCUT2D eigenvalue weighted by Gasteiger charge is -2.27. The summed E-state index contributed by atoms with van der Waals surface area (Å²) in [7, 11) is 0. The molecule has 0 saturated carbocycles. The molecule has 60 heavy (non-hydrogen) atoms. The molecule has 1 aliphatic rings. The number of fused-ring (bicyclic) bond motifs is 12. The van der Waals surface area contributed by atoms with Crippen molar-refractivity contribution in [2.24, 2.45) is 0 Å². The largest absolute Gasteiger partial charge is 0.309 e. The summed E-state index contributed by atoms with van der Waals surface area (Å²) in [4.78, 5) is 2.47. The van der Waals surface area contributed by atoms with E-state index in [9.17, 15) is 0 Å². The van der Waals surface area contributed by atoms with Crippen molar-refractivity contribution in [1.29, 1.82) is 0 Å². The molecule has 0 fully saturated rings. The Morgan fingerprint density at radius 1 is 0.383 bits per heavy atom. The van der Waals surface area contributed by atoms with E-state index in [1.165, 1.54) is 93.3 Å². The molecule has 0 N–H and O–H groups in total. The highest BCUT2D eigenvalue weighted by atomic mass is 15.2. The Morgan fingerprint density at radius 3 is 1.68 bits per heavy atom. The lowest BCUT2D eigenvalue weighted by molar-refractivity contribution is 0.660. The maximum Gasteiger partial charge on any atom is 0.0782 e. The number of nitrogens with zero attached hydrogens (tertiary/aromatic N) is 3. The van der Waals surface area contributed by atoms with Crippen LogP contribution in [0.4, 0.5) is 17.1 Å². The van der Waals surface area contributed by atoms with E-state index >= 15 is 0 Å². The van der Waals surface area contributed by atoms with Crippen LogP contribution in [0.1, 0.15) is 25.0 Å². The molecule has 12 aromatic rings. The molecule has 0 spiro atoms. The highest BCUT2D eigenvalue weighted by Gasteiger charge is 2.35. The number of hydrogen-bond donors (Lipinski definition) is 0. The average Bonchev–Trinajstić information content (AvgIpc) is 4.00. The normalized spacial score (nSPS) is 13.3. The maximum atomic E-state index is 2.51. The van der Waals surface area contributed by atoms with Crippen LogP contribution in [0.25, 0.3) is 87.8 Å². The first-order chi connectivity index (χ1) is 29.5. The van der Waals surface area contributed by atoms with E-state index in [-0.39, 0.29) is 5.41 Å². The minimum atomic E-state index is -0.0190. The molecule has 3 nitrogen and oxygen atoms in total. The number of aromatic nitrogens is 2. The van der Waals surface area contributed by atoms with E-state index in [1.807, 2.05) is 0 Å². The van der Waals surface area contributed by atoms with Gasteiger partial charge in [0.2, 0.25) is 0 Å². The summed E-state index contributed by atoms with van der Waals surface area (Å²) in [5.74, 6) is 0. The Balaban J connectivity index is 1.04. The second kappa shape index (κ2) is 12.2. The lowest BCUT2D eigenvalue weighted by Crippen LogP contribution is -2.14. The van der Waals surface area contributed by atoms with Crippen LogP contribution in [0.3, 0.4) is 0 Å². The number of para-hydroxylation sites is 5. The van der Waals surface area contributed by atoms with Crippen LogP contribution in [0.5, 0.6) is 0 Å². The predicted octanol–water partition coefficient (Wildman–Crippen LogP) is 15.4. The molecule has 9 aromatic carbocycles. The van der Waals surface area contributed by atoms with E-state index in [1.54, 1.807) is 0 Å². The molecule has 1 aliphatic carbocycles. The van der Waals surface area contributed by atoms with Gasteiger partial charge in [-0.15, -0.1) is 0 Å². The van der Waals surface area contributed by atoms with Gasteiger partial charge in [-0.05, 0) is 94.0 Å². The quantitative estimate of drug-likeness (QED) is 0.170. The minimum absolute atomic E-state index is 0.0190. The van der Waals surface area contributed by atoms with E-state index in [0.717, 1.165) is 22.7 Å². The average molecular weight is 766 g/mol. The lowest BCUT2D eigenvalue weighted by atomic mass is 9.82. The van der Waals surface area contributed by atoms with E-state index in [0.29, 0.717) is 0 Å². The first kappa shape index (κ1) is 33.4. The Hall–Kier alpha value is -7.62. The van der Waals surface area contributed by atoms with Gasteiger partial charge < -0.3 is 13.9 Å². The zero-order valence-corrected chi connectivity index (χ0v) is 33.4. The molecule has 282 valence electrons. The number of benzene rings is 9. The molecule has 0 atom stereocenters. The predicted molar refractivity (Wildman–Crippen MR) is 253 cm³/mol. The second-order valence-corrected chi connectivity index (χ2v) is 16.9. The van der Waals surface area contributed by atoms with Crippen LogP contribution >= 0.6 is 0 Å². The summed E-state index contributed by atoms with van der Waals surface area (Å²) in [6, 6.07) is 74.1. The highest BCUT2D eigenvalue weighted by molar-refractivity contribution is 6.25. The zero-order valence-electron chi connectivity index (χ0n) is 33.4. The third-order valence-corrected chi connectivity index (χ3v) is 13.4. The molecule has 0 amide bonds. The summed E-state index contributed by atoms with van der Waals surface area (Å²) < 4.78 is 4.92. The van der Waals surface area contributed by atoms with Crippen LogP contribution in [0.15, 0.2) is 200 Å². The van der Waals surface area contributed by atoms with Gasteiger partial charge in [0, 0.05) is 54.8 Å². The smallest absolute Gasteiger partial charge is 0.0782 e. The van der Waals surface area contributed by atoms with Crippen molar-refractivity contribution in [3.63, 3.8) is 0 Å². The van der Waals surface area contributed by atoms with Gasteiger partial charge in [-0.3, -0.25) is 0 Å². The summed E-state index contributed by atoms with van der Waals surface area (Å²) in [6.45, 7) is 4.69. The fourth-order valence-electron chi connectivity index (χ4n) is 10.7. The number of rotatable bonds is 5. The van der Waals surface area contributed by atoms with Gasteiger partial charge in [-0.25, -0.2) is 0 Å². The van der Waals surface area contributed by atoms with Gasteiger partial charge in [0.25, 0.3) is 0 Å². The first-order valence-electron chi connectivity index (χ1n) is 20.9. The standard InChI is InChI=1S/C57H39N3/c1-57(2)49-23-7-3-16-41(49)48-34-37(30-33-50(48)57)36-28-31-38(32-29-36)58(39-14-11-15-40(35-39)59-51-24-8-4-17-42(51)43-18-5-9-25-52(43)59)54-27-13-22-47-46-21-12-20-45-44-19-6-10-26-53(44)60(55(45)46)56(47)54/h3-35H,1-2H3. The third kappa shape index (κ3) is 4.49. The third-order valence-electron chi connectivity index (χ3n) is 13.4. The Bertz CT molecular complexity index is 3640. The fraction of sp³-hybridized carbons (Fsp3) is 0.0526. The van der Waals surface area contributed by atoms with Crippen molar-refractivity contribution in [1.82, 2.24) is 8.97 Å². The second-order valence-electron chi connectivity index (χ2n) is 16.9. The molecule has 3 heteroatoms. The molecule has 0 radical (unpaired) electrons. The Morgan fingerprint density at radius 2 is 0.933 bits per heavy atom. The molecule has 13 rings (SSSR count). The summed E-state index contributed by atoms with van der Waals surface area (Å²) in [5, 5.41) is 7.60. The number of anilines is 3. The van der Waals surface area contributed by atoms with Gasteiger partial charge in [-0.1, -0.05) is 153 Å². The van der Waals surface area contributed by atoms with Gasteiger partial charge in [-0.2, -0.15) is 0 Å². The van der Waals surface area contributed by atoms with E-state index < -0.39 is 0 Å². The van der Waals surface area contributed by atoms with E-state index in [2.05, 4.69) is 228 Å². The molecule has 0 saturated heterocycles. The Labute approximate surface area is 347 Å². The van der Waals surface area contributed by atoms with Crippen molar-refractivity contribution in [2.45, 2.75) is 19.3 Å². The topological polar surface area (TPSA) is 12.6 Å². The van der Waals surface area contributed by atoms with Gasteiger partial charge >= 0.3 is 0 Å². The monoisotopic (exact) mass is 765 g/mol. The van der Waals surface area contributed by atoms with E-state index in [4.69, 9.17) is 0 Å². The minimum Gasteiger partial charge on any atom is -0.309 e. The summed E-state index contributed by atoms with van der Waals surface area (Å²) in [5.41, 5.74) is 18.4. The zero-order chi connectivity index (χ0) is 39.7. The van der Waals surface area contributed by atoms with Crippen molar-refractivity contribution in [3.05, 3.63) is 211 Å². The summed E-state index contributed by atoms with van der Waals surface area (Å²) in [6.07, 6.45) is 0. The summed E-state index contributed by atoms with van der Waals surface area (Å²) >= 11 is 0. The molecule has 3 aromatic heterocycles. The maximum absolute atomic E-state index is 2.51. The SMILES string of the molecule is CC1(C)c2ccccc2-c2cc(-c3ccc(N(c4cccc(-n5c6ccccc6c6ccccc65)c4)c4cccc5c6cccc7c8ccccc8n(c45)c76)cc3)ccc21. The molecular weight excluding hydrogens is 727 g/mol. The van der Waals surface area contributed by atoms with Gasteiger partial charge in [0.1, 0.15) is 0 Å². The fourth-order valence-corrected chi connectivity index (χ4v) is 10.7. The van der Waals surface area contributed by atoms with Crippen LogP contribution in [0, 0.1) is 0 Å². The first-order valence-corrected chi connectivity index (χ1v) is 20.9. The van der Waals surface area contributed by atoms with Crippen LogP contribution < -0.4 is 4.90 Å². The highest BCUT2D eigenvalue weighted by Crippen LogP contribution is 2.50. The van der Waals surface area contributed by atoms with Gasteiger partial charge in [0.15, 0.2) is 0 Å². The molecule has 0 aliphatic heterocycles. The molecule has 0 bridgehead atoms. The van der Waals surface area contributed by atoms with Crippen molar-refractivity contribution < 1.29 is 0 Å². The van der Waals surface area contributed by atoms with Crippen LogP contribution in [-0.2, 0) is 5.41 Å². The molecular formula is C57H39N3. The van der Waals surface area contributed by atoms with Gasteiger partial charge in [0.05, 0.1) is 33.3 Å². The molecule has 0 unspecified atom stereocenters. The number of hydrogen-bond acceptors (Lipinski definition) is 1. The van der Waals surface area contributed by atoms with Crippen LogP contribution in [-0.4, -0.2) is 8.97 Å². The van der Waals surface area contributed by atoms with Crippen molar-refractivity contribution in [2.75, 3.05) is 4.90 Å². The molecule has 3 heterocycles. The van der Waals surface area contributed by atoms with Crippen LogP contribution in [0.2, 0.25) is 0 Å².